The number of hydrogen-bond acceptors (Lipinski definition) is 3. The maximum atomic E-state index is 12.0. The van der Waals surface area contributed by atoms with E-state index < -0.39 is 0 Å². The van der Waals surface area contributed by atoms with Crippen LogP contribution in [0, 0.1) is 6.92 Å². The molecular weight excluding hydrogens is 264 g/mol. The molecule has 0 saturated heterocycles. The van der Waals surface area contributed by atoms with E-state index in [4.69, 9.17) is 0 Å². The fraction of sp³-hybridized carbons (Fsp3) is 0.312. The second-order valence-electron chi connectivity index (χ2n) is 4.88. The average Bonchev–Trinajstić information content (AvgIpc) is 2.53. The van der Waals surface area contributed by atoms with Gasteiger partial charge in [-0.05, 0) is 42.7 Å². The summed E-state index contributed by atoms with van der Waals surface area (Å²) in [6, 6.07) is 7.53. The van der Waals surface area contributed by atoms with Gasteiger partial charge in [-0.2, -0.15) is 0 Å². The Kier molecular flexibility index (Phi) is 5.26. The number of nitrogens with one attached hydrogen (secondary N) is 2. The van der Waals surface area contributed by atoms with Crippen molar-refractivity contribution in [3.63, 3.8) is 0 Å². The Labute approximate surface area is 124 Å². The van der Waals surface area contributed by atoms with Crippen molar-refractivity contribution in [2.45, 2.75) is 32.9 Å². The molecule has 0 spiro atoms. The lowest BCUT2D eigenvalue weighted by Gasteiger charge is -2.17. The summed E-state index contributed by atoms with van der Waals surface area (Å²) in [6.07, 6.45) is 6.06. The van der Waals surface area contributed by atoms with Gasteiger partial charge in [0.15, 0.2) is 0 Å². The zero-order valence-electron chi connectivity index (χ0n) is 12.3. The second-order valence-corrected chi connectivity index (χ2v) is 4.88. The lowest BCUT2D eigenvalue weighted by molar-refractivity contribution is 0.236. The van der Waals surface area contributed by atoms with E-state index >= 15 is 0 Å². The lowest BCUT2D eigenvalue weighted by atomic mass is 10.1. The van der Waals surface area contributed by atoms with Crippen molar-refractivity contribution in [1.82, 2.24) is 20.6 Å². The van der Waals surface area contributed by atoms with Crippen LogP contribution in [-0.4, -0.2) is 16.0 Å². The first-order valence-electron chi connectivity index (χ1n) is 7.05. The van der Waals surface area contributed by atoms with Crippen molar-refractivity contribution in [2.24, 2.45) is 0 Å². The predicted molar refractivity (Wildman–Crippen MR) is 81.6 cm³/mol. The molecule has 0 aliphatic carbocycles. The van der Waals surface area contributed by atoms with Crippen LogP contribution in [0.4, 0.5) is 4.79 Å². The van der Waals surface area contributed by atoms with Crippen LogP contribution < -0.4 is 10.6 Å². The van der Waals surface area contributed by atoms with Crippen molar-refractivity contribution < 1.29 is 4.79 Å². The number of nitrogens with zero attached hydrogens (tertiary/aromatic N) is 2. The molecule has 0 radical (unpaired) electrons. The molecule has 2 N–H and O–H groups in total. The van der Waals surface area contributed by atoms with Gasteiger partial charge in [-0.15, -0.1) is 0 Å². The Balaban J connectivity index is 1.87. The number of urea groups is 1. The van der Waals surface area contributed by atoms with Crippen molar-refractivity contribution >= 4 is 6.03 Å². The number of carbonyl (C=O) groups excluding carboxylic acids is 1. The number of aromatic nitrogens is 2. The highest BCUT2D eigenvalue weighted by atomic mass is 16.2. The Morgan fingerprint density at radius 1 is 1.24 bits per heavy atom. The molecule has 2 aromatic rings. The maximum Gasteiger partial charge on any atom is 0.315 e. The number of rotatable bonds is 5. The lowest BCUT2D eigenvalue weighted by Crippen LogP contribution is -2.37. The normalized spacial score (nSPS) is 11.7. The second kappa shape index (κ2) is 7.38. The van der Waals surface area contributed by atoms with Crippen LogP contribution in [0.2, 0.25) is 0 Å². The van der Waals surface area contributed by atoms with Gasteiger partial charge in [-0.3, -0.25) is 9.97 Å². The number of hydrogen-bond donors (Lipinski definition) is 2. The van der Waals surface area contributed by atoms with Crippen LogP contribution in [0.25, 0.3) is 0 Å². The predicted octanol–water partition coefficient (Wildman–Crippen LogP) is 2.74. The van der Waals surface area contributed by atoms with E-state index in [1.54, 1.807) is 18.6 Å². The van der Waals surface area contributed by atoms with Crippen molar-refractivity contribution in [2.75, 3.05) is 0 Å². The van der Waals surface area contributed by atoms with Gasteiger partial charge in [-0.1, -0.05) is 13.0 Å². The van der Waals surface area contributed by atoms with Crippen LogP contribution in [-0.2, 0) is 6.54 Å². The monoisotopic (exact) mass is 284 g/mol. The van der Waals surface area contributed by atoms with Gasteiger partial charge in [0.1, 0.15) is 0 Å². The molecule has 0 aromatic carbocycles. The van der Waals surface area contributed by atoms with Crippen molar-refractivity contribution in [3.8, 4) is 0 Å². The minimum Gasteiger partial charge on any atom is -0.334 e. The SMILES string of the molecule is CC[C@H](NC(=O)NCc1ccc(C)nc1)c1ccncc1. The molecule has 0 saturated carbocycles. The first kappa shape index (κ1) is 15.0. The average molecular weight is 284 g/mol. The first-order valence-corrected chi connectivity index (χ1v) is 7.05. The van der Waals surface area contributed by atoms with Gasteiger partial charge < -0.3 is 10.6 Å². The molecule has 0 unspecified atom stereocenters. The summed E-state index contributed by atoms with van der Waals surface area (Å²) >= 11 is 0. The number of carbonyl (C=O) groups is 1. The zero-order chi connectivity index (χ0) is 15.1. The van der Waals surface area contributed by atoms with Crippen LogP contribution in [0.15, 0.2) is 42.9 Å². The van der Waals surface area contributed by atoms with E-state index in [0.29, 0.717) is 6.54 Å². The molecule has 2 amide bonds. The summed E-state index contributed by atoms with van der Waals surface area (Å²) in [6.45, 7) is 4.44. The summed E-state index contributed by atoms with van der Waals surface area (Å²) in [7, 11) is 0. The number of aryl methyl sites for hydroxylation is 1. The first-order chi connectivity index (χ1) is 10.2. The zero-order valence-corrected chi connectivity index (χ0v) is 12.3. The van der Waals surface area contributed by atoms with Crippen LogP contribution in [0.3, 0.4) is 0 Å². The summed E-state index contributed by atoms with van der Waals surface area (Å²) in [5, 5.41) is 5.81. The van der Waals surface area contributed by atoms with Gasteiger partial charge in [0.05, 0.1) is 6.04 Å². The third kappa shape index (κ3) is 4.56. The number of amides is 2. The van der Waals surface area contributed by atoms with Gasteiger partial charge >= 0.3 is 6.03 Å². The van der Waals surface area contributed by atoms with E-state index in [1.165, 1.54) is 0 Å². The summed E-state index contributed by atoms with van der Waals surface area (Å²) in [5.74, 6) is 0. The Hall–Kier alpha value is -2.43. The smallest absolute Gasteiger partial charge is 0.315 e. The van der Waals surface area contributed by atoms with E-state index in [-0.39, 0.29) is 12.1 Å². The van der Waals surface area contributed by atoms with Gasteiger partial charge in [0.2, 0.25) is 0 Å². The molecule has 5 nitrogen and oxygen atoms in total. The maximum absolute atomic E-state index is 12.0. The van der Waals surface area contributed by atoms with E-state index in [0.717, 1.165) is 23.2 Å². The Morgan fingerprint density at radius 2 is 2.00 bits per heavy atom. The molecule has 1 atom stereocenters. The summed E-state index contributed by atoms with van der Waals surface area (Å²) < 4.78 is 0. The minimum atomic E-state index is -0.181. The highest BCUT2D eigenvalue weighted by Gasteiger charge is 2.11. The standard InChI is InChI=1S/C16H20N4O/c1-3-15(14-6-8-17-9-7-14)20-16(21)19-11-13-5-4-12(2)18-10-13/h4-10,15H,3,11H2,1-2H3,(H2,19,20,21)/t15-/m0/s1. The molecule has 110 valence electrons. The van der Waals surface area contributed by atoms with Crippen LogP contribution >= 0.6 is 0 Å². The van der Waals surface area contributed by atoms with Crippen molar-refractivity contribution in [1.29, 1.82) is 0 Å². The molecule has 5 heteroatoms. The highest BCUT2D eigenvalue weighted by molar-refractivity contribution is 5.74. The van der Waals surface area contributed by atoms with Gasteiger partial charge in [0, 0.05) is 30.8 Å². The molecule has 0 aliphatic heterocycles. The molecule has 2 aromatic heterocycles. The van der Waals surface area contributed by atoms with E-state index in [1.807, 2.05) is 38.1 Å². The Bertz CT molecular complexity index is 569. The largest absolute Gasteiger partial charge is 0.334 e. The third-order valence-corrected chi connectivity index (χ3v) is 3.25. The molecule has 0 bridgehead atoms. The molecule has 0 fully saturated rings. The fourth-order valence-corrected chi connectivity index (χ4v) is 2.01. The van der Waals surface area contributed by atoms with E-state index in [2.05, 4.69) is 20.6 Å². The van der Waals surface area contributed by atoms with Crippen LogP contribution in [0.5, 0.6) is 0 Å². The summed E-state index contributed by atoms with van der Waals surface area (Å²) in [5.41, 5.74) is 3.00. The number of pyridine rings is 2. The highest BCUT2D eigenvalue weighted by Crippen LogP contribution is 2.14. The van der Waals surface area contributed by atoms with Gasteiger partial charge in [-0.25, -0.2) is 4.79 Å². The molecule has 0 aliphatic rings. The topological polar surface area (TPSA) is 66.9 Å². The molecule has 2 rings (SSSR count). The van der Waals surface area contributed by atoms with Crippen molar-refractivity contribution in [3.05, 3.63) is 59.7 Å². The van der Waals surface area contributed by atoms with E-state index in [9.17, 15) is 4.79 Å². The van der Waals surface area contributed by atoms with Crippen LogP contribution in [0.1, 0.15) is 36.2 Å². The fourth-order valence-electron chi connectivity index (χ4n) is 2.01. The minimum absolute atomic E-state index is 0.0101. The third-order valence-electron chi connectivity index (χ3n) is 3.25. The summed E-state index contributed by atoms with van der Waals surface area (Å²) in [4.78, 5) is 20.2. The molecule has 21 heavy (non-hydrogen) atoms. The van der Waals surface area contributed by atoms with Gasteiger partial charge in [0.25, 0.3) is 0 Å². The molecule has 2 heterocycles. The Morgan fingerprint density at radius 3 is 2.62 bits per heavy atom. The molecular formula is C16H20N4O. The quantitative estimate of drug-likeness (QED) is 0.887.